The van der Waals surface area contributed by atoms with E-state index in [0.29, 0.717) is 5.71 Å². The second-order valence-corrected chi connectivity index (χ2v) is 5.90. The zero-order valence-electron chi connectivity index (χ0n) is 13.4. The molecule has 0 bridgehead atoms. The largest absolute Gasteiger partial charge is 0.305 e. The highest BCUT2D eigenvalue weighted by Crippen LogP contribution is 2.24. The van der Waals surface area contributed by atoms with E-state index >= 15 is 0 Å². The predicted octanol–water partition coefficient (Wildman–Crippen LogP) is 5.32. The van der Waals surface area contributed by atoms with Crippen molar-refractivity contribution in [2.24, 2.45) is 0 Å². The van der Waals surface area contributed by atoms with Crippen LogP contribution in [-0.2, 0) is 6.42 Å². The van der Waals surface area contributed by atoms with Gasteiger partial charge in [0.15, 0.2) is 0 Å². The molecule has 0 unspecified atom stereocenters. The highest BCUT2D eigenvalue weighted by Gasteiger charge is 2.09. The minimum absolute atomic E-state index is 0.623. The van der Waals surface area contributed by atoms with Crippen molar-refractivity contribution < 1.29 is 0 Å². The molecule has 0 radical (unpaired) electrons. The van der Waals surface area contributed by atoms with E-state index in [1.807, 2.05) is 6.92 Å². The molecule has 1 nitrogen and oxygen atoms in total. The second-order valence-electron chi connectivity index (χ2n) is 5.90. The molecular weight excluding hydrogens is 254 g/mol. The fourth-order valence-corrected chi connectivity index (χ4v) is 2.64. The highest BCUT2D eigenvalue weighted by molar-refractivity contribution is 5.98. The van der Waals surface area contributed by atoms with Crippen LogP contribution in [0.15, 0.2) is 43.0 Å². The number of hydrogen-bond acceptors (Lipinski definition) is 1. The number of aryl methyl sites for hydroxylation is 2. The van der Waals surface area contributed by atoms with Crippen LogP contribution in [0.2, 0.25) is 0 Å². The molecule has 2 aromatic rings. The monoisotopic (exact) mass is 277 g/mol. The van der Waals surface area contributed by atoms with E-state index in [2.05, 4.69) is 63.7 Å². The Bertz CT molecular complexity index is 646. The predicted molar refractivity (Wildman–Crippen MR) is 92.4 cm³/mol. The molecule has 0 aliphatic rings. The van der Waals surface area contributed by atoms with Gasteiger partial charge < -0.3 is 5.41 Å². The van der Waals surface area contributed by atoms with Crippen LogP contribution in [0.4, 0.5) is 0 Å². The van der Waals surface area contributed by atoms with Crippen molar-refractivity contribution in [2.45, 2.75) is 34.1 Å². The quantitative estimate of drug-likeness (QED) is 0.732. The first-order valence-electron chi connectivity index (χ1n) is 7.29. The Balaban J connectivity index is 2.48. The van der Waals surface area contributed by atoms with Gasteiger partial charge in [-0.2, -0.15) is 0 Å². The topological polar surface area (TPSA) is 23.9 Å². The second kappa shape index (κ2) is 6.09. The summed E-state index contributed by atoms with van der Waals surface area (Å²) in [5, 5.41) is 7.99. The van der Waals surface area contributed by atoms with E-state index < -0.39 is 0 Å². The van der Waals surface area contributed by atoms with E-state index in [0.717, 1.165) is 17.6 Å². The van der Waals surface area contributed by atoms with Gasteiger partial charge in [0.2, 0.25) is 0 Å². The first-order chi connectivity index (χ1) is 9.88. The average Bonchev–Trinajstić information content (AvgIpc) is 2.42. The summed E-state index contributed by atoms with van der Waals surface area (Å²) in [7, 11) is 0. The molecule has 0 amide bonds. The van der Waals surface area contributed by atoms with Gasteiger partial charge in [-0.25, -0.2) is 0 Å². The maximum Gasteiger partial charge on any atom is 0.0358 e. The molecule has 0 saturated heterocycles. The molecule has 0 spiro atoms. The van der Waals surface area contributed by atoms with Crippen molar-refractivity contribution in [3.8, 4) is 0 Å². The Kier molecular flexibility index (Phi) is 4.42. The summed E-state index contributed by atoms with van der Waals surface area (Å²) >= 11 is 0. The summed E-state index contributed by atoms with van der Waals surface area (Å²) in [4.78, 5) is 0. The molecule has 0 aliphatic carbocycles. The standard InChI is InChI=1S/C20H23N/c1-13(2)19-10-14(3)6-8-17(19)12-18-9-7-15(4)11-20(18)16(5)21/h6-11,21H,1,12H2,2-5H3. The smallest absolute Gasteiger partial charge is 0.0358 e. The SMILES string of the molecule is C=C(C)c1cc(C)ccc1Cc1ccc(C)cc1C(C)=N. The van der Waals surface area contributed by atoms with E-state index in [-0.39, 0.29) is 0 Å². The van der Waals surface area contributed by atoms with Gasteiger partial charge in [0.05, 0.1) is 0 Å². The van der Waals surface area contributed by atoms with Crippen molar-refractivity contribution in [1.29, 1.82) is 5.41 Å². The normalized spacial score (nSPS) is 10.5. The van der Waals surface area contributed by atoms with Gasteiger partial charge in [0, 0.05) is 5.71 Å². The number of allylic oxidation sites excluding steroid dienone is 1. The summed E-state index contributed by atoms with van der Waals surface area (Å²) in [6, 6.07) is 12.9. The summed E-state index contributed by atoms with van der Waals surface area (Å²) in [5.41, 5.74) is 8.92. The lowest BCUT2D eigenvalue weighted by Gasteiger charge is -2.14. The Morgan fingerprint density at radius 2 is 1.38 bits per heavy atom. The summed E-state index contributed by atoms with van der Waals surface area (Å²) < 4.78 is 0. The van der Waals surface area contributed by atoms with Gasteiger partial charge in [-0.05, 0) is 62.4 Å². The first-order valence-corrected chi connectivity index (χ1v) is 7.29. The van der Waals surface area contributed by atoms with Gasteiger partial charge in [-0.3, -0.25) is 0 Å². The van der Waals surface area contributed by atoms with Crippen LogP contribution in [0, 0.1) is 19.3 Å². The molecule has 0 heterocycles. The molecule has 1 N–H and O–H groups in total. The Labute approximate surface area is 127 Å². The van der Waals surface area contributed by atoms with Crippen molar-refractivity contribution in [1.82, 2.24) is 0 Å². The van der Waals surface area contributed by atoms with E-state index in [4.69, 9.17) is 5.41 Å². The molecular formula is C20H23N. The third-order valence-corrected chi connectivity index (χ3v) is 3.78. The lowest BCUT2D eigenvalue weighted by Crippen LogP contribution is -2.03. The summed E-state index contributed by atoms with van der Waals surface area (Å²) in [5.74, 6) is 0. The number of benzene rings is 2. The molecule has 0 aliphatic heterocycles. The Hall–Kier alpha value is -2.15. The van der Waals surface area contributed by atoms with Gasteiger partial charge in [-0.1, -0.05) is 53.6 Å². The van der Waals surface area contributed by atoms with Crippen LogP contribution in [-0.4, -0.2) is 5.71 Å². The summed E-state index contributed by atoms with van der Waals surface area (Å²) in [6.07, 6.45) is 0.842. The van der Waals surface area contributed by atoms with Crippen molar-refractivity contribution >= 4 is 11.3 Å². The van der Waals surface area contributed by atoms with Crippen LogP contribution < -0.4 is 0 Å². The van der Waals surface area contributed by atoms with Gasteiger partial charge in [0.1, 0.15) is 0 Å². The molecule has 2 rings (SSSR count). The third-order valence-electron chi connectivity index (χ3n) is 3.78. The maximum atomic E-state index is 7.99. The van der Waals surface area contributed by atoms with Crippen LogP contribution in [0.1, 0.15) is 47.2 Å². The molecule has 0 aromatic heterocycles. The van der Waals surface area contributed by atoms with Crippen LogP contribution >= 0.6 is 0 Å². The molecule has 21 heavy (non-hydrogen) atoms. The van der Waals surface area contributed by atoms with Crippen LogP contribution in [0.3, 0.4) is 0 Å². The molecule has 2 aromatic carbocycles. The first kappa shape index (κ1) is 15.2. The summed E-state index contributed by atoms with van der Waals surface area (Å²) in [6.45, 7) is 12.2. The fourth-order valence-electron chi connectivity index (χ4n) is 2.64. The zero-order chi connectivity index (χ0) is 15.6. The van der Waals surface area contributed by atoms with Crippen molar-refractivity contribution in [2.75, 3.05) is 0 Å². The van der Waals surface area contributed by atoms with Crippen LogP contribution in [0.25, 0.3) is 5.57 Å². The van der Waals surface area contributed by atoms with Crippen LogP contribution in [0.5, 0.6) is 0 Å². The maximum absolute atomic E-state index is 7.99. The molecule has 0 fully saturated rings. The lowest BCUT2D eigenvalue weighted by molar-refractivity contribution is 1.15. The van der Waals surface area contributed by atoms with E-state index in [1.165, 1.54) is 27.8 Å². The molecule has 108 valence electrons. The van der Waals surface area contributed by atoms with E-state index in [9.17, 15) is 0 Å². The molecule has 0 atom stereocenters. The fraction of sp³-hybridized carbons (Fsp3) is 0.250. The lowest BCUT2D eigenvalue weighted by atomic mass is 9.91. The van der Waals surface area contributed by atoms with Gasteiger partial charge in [0.25, 0.3) is 0 Å². The zero-order valence-corrected chi connectivity index (χ0v) is 13.4. The minimum atomic E-state index is 0.623. The average molecular weight is 277 g/mol. The van der Waals surface area contributed by atoms with E-state index in [1.54, 1.807) is 0 Å². The highest BCUT2D eigenvalue weighted by atomic mass is 14.4. The number of rotatable bonds is 4. The Morgan fingerprint density at radius 1 is 0.905 bits per heavy atom. The van der Waals surface area contributed by atoms with Gasteiger partial charge in [-0.15, -0.1) is 0 Å². The Morgan fingerprint density at radius 3 is 1.86 bits per heavy atom. The third kappa shape index (κ3) is 3.49. The minimum Gasteiger partial charge on any atom is -0.305 e. The molecule has 0 saturated carbocycles. The number of nitrogens with one attached hydrogen (secondary N) is 1. The number of hydrogen-bond donors (Lipinski definition) is 1. The van der Waals surface area contributed by atoms with Crippen molar-refractivity contribution in [3.63, 3.8) is 0 Å². The van der Waals surface area contributed by atoms with Gasteiger partial charge >= 0.3 is 0 Å². The molecule has 1 heteroatoms. The van der Waals surface area contributed by atoms with Crippen molar-refractivity contribution in [3.05, 3.63) is 76.4 Å².